The summed E-state index contributed by atoms with van der Waals surface area (Å²) in [5, 5.41) is 10.1. The smallest absolute Gasteiger partial charge is 0.768 e. The van der Waals surface area contributed by atoms with E-state index in [0.717, 1.165) is 18.2 Å². The molecule has 0 aliphatic rings. The van der Waals surface area contributed by atoms with Crippen molar-refractivity contribution in [3.8, 4) is 0 Å². The van der Waals surface area contributed by atoms with Crippen LogP contribution in [-0.2, 0) is 11.1 Å². The van der Waals surface area contributed by atoms with Crippen molar-refractivity contribution in [3.05, 3.63) is 33.3 Å². The topological polar surface area (TPSA) is 83.3 Å². The zero-order valence-corrected chi connectivity index (χ0v) is 10.7. The summed E-state index contributed by atoms with van der Waals surface area (Å²) in [4.78, 5) is 9.43. The Morgan fingerprint density at radius 1 is 1.43 bits per heavy atom. The molecule has 1 rings (SSSR count). The summed E-state index contributed by atoms with van der Waals surface area (Å²) in [6, 6.07) is 3.16. The molecule has 8 heteroatoms. The van der Waals surface area contributed by atoms with Crippen LogP contribution < -0.4 is 29.6 Å². The molecular weight excluding hydrogens is 241 g/mol. The maximum atomic E-state index is 10.4. The molecule has 0 heterocycles. The molecule has 0 aliphatic carbocycles. The quantitative estimate of drug-likeness (QED) is 0.274. The Morgan fingerprint density at radius 2 is 2.00 bits per heavy atom. The summed E-state index contributed by atoms with van der Waals surface area (Å²) < 4.78 is 20.9. The van der Waals surface area contributed by atoms with Gasteiger partial charge in [-0.25, -0.2) is 0 Å². The summed E-state index contributed by atoms with van der Waals surface area (Å²) in [5.41, 5.74) is -0.237. The first-order valence-electron chi connectivity index (χ1n) is 3.05. The fraction of sp³-hybridized carbons (Fsp3) is 0. The Morgan fingerprint density at radius 3 is 2.36 bits per heavy atom. The van der Waals surface area contributed by atoms with E-state index in [0.29, 0.717) is 0 Å². The van der Waals surface area contributed by atoms with E-state index in [1.807, 2.05) is 0 Å². The molecule has 0 bridgehead atoms. The molecule has 0 radical (unpaired) electrons. The second-order valence-corrected chi connectivity index (χ2v) is 3.42. The van der Waals surface area contributed by atoms with E-state index in [-0.39, 0.29) is 45.2 Å². The van der Waals surface area contributed by atoms with E-state index >= 15 is 0 Å². The van der Waals surface area contributed by atoms with Crippen LogP contribution in [0.3, 0.4) is 0 Å². The van der Waals surface area contributed by atoms with Crippen LogP contribution in [0.4, 0.5) is 5.69 Å². The second kappa shape index (κ2) is 5.79. The van der Waals surface area contributed by atoms with E-state index in [9.17, 15) is 18.9 Å². The molecular formula is C6H3ClNNaO4S. The van der Waals surface area contributed by atoms with Crippen molar-refractivity contribution in [2.75, 3.05) is 0 Å². The fourth-order valence-corrected chi connectivity index (χ4v) is 1.50. The third kappa shape index (κ3) is 3.30. The number of non-ortho nitro benzene ring substituents is 1. The first-order chi connectivity index (χ1) is 6.02. The molecule has 0 spiro atoms. The van der Waals surface area contributed by atoms with Gasteiger partial charge in [-0.3, -0.25) is 14.3 Å². The molecule has 0 aliphatic heterocycles. The minimum Gasteiger partial charge on any atom is -0.768 e. The first-order valence-corrected chi connectivity index (χ1v) is 4.51. The van der Waals surface area contributed by atoms with Crippen molar-refractivity contribution in [2.45, 2.75) is 4.90 Å². The number of halogens is 1. The molecule has 70 valence electrons. The van der Waals surface area contributed by atoms with Gasteiger partial charge in [0.05, 0.1) is 9.95 Å². The van der Waals surface area contributed by atoms with Gasteiger partial charge in [0.2, 0.25) is 0 Å². The van der Waals surface area contributed by atoms with E-state index in [1.54, 1.807) is 0 Å². The molecule has 5 nitrogen and oxygen atoms in total. The Kier molecular flexibility index (Phi) is 5.80. The van der Waals surface area contributed by atoms with Gasteiger partial charge in [0.15, 0.2) is 0 Å². The van der Waals surface area contributed by atoms with Gasteiger partial charge >= 0.3 is 29.6 Å². The van der Waals surface area contributed by atoms with Crippen LogP contribution in [0.5, 0.6) is 0 Å². The first kappa shape index (κ1) is 14.0. The van der Waals surface area contributed by atoms with Crippen LogP contribution in [0.1, 0.15) is 0 Å². The summed E-state index contributed by atoms with van der Waals surface area (Å²) >= 11 is 3.00. The molecule has 0 N–H and O–H groups in total. The molecule has 1 atom stereocenters. The number of hydrogen-bond acceptors (Lipinski definition) is 4. The summed E-state index contributed by atoms with van der Waals surface area (Å²) in [6.07, 6.45) is 0. The molecule has 1 unspecified atom stereocenters. The van der Waals surface area contributed by atoms with Crippen LogP contribution in [0.2, 0.25) is 5.02 Å². The monoisotopic (exact) mass is 243 g/mol. The summed E-state index contributed by atoms with van der Waals surface area (Å²) in [7, 11) is 0. The zero-order chi connectivity index (χ0) is 10.0. The normalized spacial score (nSPS) is 11.6. The van der Waals surface area contributed by atoms with Crippen LogP contribution in [0.15, 0.2) is 23.1 Å². The molecule has 14 heavy (non-hydrogen) atoms. The molecule has 0 aromatic heterocycles. The number of nitrogens with zero attached hydrogens (tertiary/aromatic N) is 1. The molecule has 1 aromatic carbocycles. The average molecular weight is 244 g/mol. The SMILES string of the molecule is O=[N+]([O-])c1ccc(S(=O)[O-])c(Cl)c1.[Na+]. The van der Waals surface area contributed by atoms with Crippen molar-refractivity contribution < 1.29 is 43.2 Å². The second-order valence-electron chi connectivity index (χ2n) is 2.11. The largest absolute Gasteiger partial charge is 1.00 e. The van der Waals surface area contributed by atoms with Crippen molar-refractivity contribution in [2.24, 2.45) is 0 Å². The van der Waals surface area contributed by atoms with Gasteiger partial charge in [0.25, 0.3) is 5.69 Å². The Balaban J connectivity index is 0.00000169. The van der Waals surface area contributed by atoms with Gasteiger partial charge in [-0.15, -0.1) is 0 Å². The van der Waals surface area contributed by atoms with Gasteiger partial charge in [0.1, 0.15) is 0 Å². The van der Waals surface area contributed by atoms with E-state index in [1.165, 1.54) is 0 Å². The summed E-state index contributed by atoms with van der Waals surface area (Å²) in [6.45, 7) is 0. The number of hydrogen-bond donors (Lipinski definition) is 0. The molecule has 1 aromatic rings. The third-order valence-electron chi connectivity index (χ3n) is 1.31. The number of rotatable bonds is 2. The van der Waals surface area contributed by atoms with Gasteiger partial charge < -0.3 is 4.55 Å². The molecule has 0 saturated heterocycles. The van der Waals surface area contributed by atoms with Gasteiger partial charge in [-0.2, -0.15) is 0 Å². The standard InChI is InChI=1S/C6H4ClNO4S.Na/c7-5-3-4(8(9)10)1-2-6(5)13(11)12;/h1-3H,(H,11,12);/q;+1/p-1. The van der Waals surface area contributed by atoms with Gasteiger partial charge in [0, 0.05) is 17.0 Å². The van der Waals surface area contributed by atoms with Crippen molar-refractivity contribution in [1.82, 2.24) is 0 Å². The maximum Gasteiger partial charge on any atom is 1.00 e. The minimum atomic E-state index is -2.47. The van der Waals surface area contributed by atoms with E-state index in [2.05, 4.69) is 0 Å². The molecule has 0 saturated carbocycles. The van der Waals surface area contributed by atoms with E-state index < -0.39 is 16.0 Å². The summed E-state index contributed by atoms with van der Waals surface area (Å²) in [5.74, 6) is 0. The zero-order valence-electron chi connectivity index (χ0n) is 7.10. The van der Waals surface area contributed by atoms with Crippen molar-refractivity contribution in [3.63, 3.8) is 0 Å². The number of nitro benzene ring substituents is 1. The van der Waals surface area contributed by atoms with Gasteiger partial charge in [-0.05, 0) is 17.1 Å². The average Bonchev–Trinajstić information content (AvgIpc) is 2.03. The minimum absolute atomic E-state index is 0. The fourth-order valence-electron chi connectivity index (χ4n) is 0.738. The van der Waals surface area contributed by atoms with Crippen molar-refractivity contribution >= 4 is 28.4 Å². The third-order valence-corrected chi connectivity index (χ3v) is 2.45. The Bertz CT molecular complexity index is 386. The van der Waals surface area contributed by atoms with Gasteiger partial charge in [-0.1, -0.05) is 11.6 Å². The number of benzene rings is 1. The maximum absolute atomic E-state index is 10.4. The van der Waals surface area contributed by atoms with Crippen LogP contribution >= 0.6 is 11.6 Å². The number of nitro groups is 1. The molecule has 0 amide bonds. The van der Waals surface area contributed by atoms with Crippen LogP contribution in [0, 0.1) is 10.1 Å². The van der Waals surface area contributed by atoms with E-state index in [4.69, 9.17) is 11.6 Å². The van der Waals surface area contributed by atoms with Crippen LogP contribution in [0.25, 0.3) is 0 Å². The van der Waals surface area contributed by atoms with Crippen LogP contribution in [-0.4, -0.2) is 13.7 Å². The Labute approximate surface area is 109 Å². The Hall–Kier alpha value is 0.0200. The predicted octanol–water partition coefficient (Wildman–Crippen LogP) is -1.51. The van der Waals surface area contributed by atoms with Crippen molar-refractivity contribution in [1.29, 1.82) is 0 Å². The predicted molar refractivity (Wildman–Crippen MR) is 45.3 cm³/mol. The molecule has 0 fully saturated rings.